The number of hydrogen-bond donors (Lipinski definition) is 1. The molecule has 0 saturated heterocycles. The molecule has 0 bridgehead atoms. The molecule has 0 unspecified atom stereocenters. The van der Waals surface area contributed by atoms with Crippen LogP contribution in [0.3, 0.4) is 0 Å². The van der Waals surface area contributed by atoms with E-state index in [1.807, 2.05) is 0 Å². The lowest BCUT2D eigenvalue weighted by atomic mass is 10.2. The summed E-state index contributed by atoms with van der Waals surface area (Å²) in [4.78, 5) is 10.0. The summed E-state index contributed by atoms with van der Waals surface area (Å²) >= 11 is 8.89. The van der Waals surface area contributed by atoms with Crippen molar-refractivity contribution in [3.05, 3.63) is 37.3 Å². The average Bonchev–Trinajstić information content (AvgIpc) is 2.09. The van der Waals surface area contributed by atoms with Gasteiger partial charge in [-0.15, -0.1) is 0 Å². The molecule has 0 aliphatic heterocycles. The molecule has 0 aromatic heterocycles. The second-order valence-electron chi connectivity index (χ2n) is 2.32. The van der Waals surface area contributed by atoms with Crippen LogP contribution in [0.15, 0.2) is 16.6 Å². The van der Waals surface area contributed by atoms with Crippen LogP contribution < -0.4 is 5.73 Å². The van der Waals surface area contributed by atoms with Gasteiger partial charge in [0.2, 0.25) is 0 Å². The smallest absolute Gasteiger partial charge is 0.275 e. The summed E-state index contributed by atoms with van der Waals surface area (Å²) in [5.74, 6) is 0. The highest BCUT2D eigenvalue weighted by Gasteiger charge is 2.16. The normalized spacial score (nSPS) is 10.1. The number of benzene rings is 1. The van der Waals surface area contributed by atoms with E-state index < -0.39 is 4.92 Å². The summed E-state index contributed by atoms with van der Waals surface area (Å²) in [6, 6.07) is 2.80. The van der Waals surface area contributed by atoms with Gasteiger partial charge in [0.15, 0.2) is 0 Å². The van der Waals surface area contributed by atoms with Crippen molar-refractivity contribution >= 4 is 33.2 Å². The highest BCUT2D eigenvalue weighted by molar-refractivity contribution is 9.10. The third kappa shape index (κ3) is 1.99. The second-order valence-corrected chi connectivity index (χ2v) is 3.52. The fourth-order valence-electron chi connectivity index (χ4n) is 0.948. The molecular formula is C7H6BrClN2O2. The Morgan fingerprint density at radius 3 is 2.69 bits per heavy atom. The zero-order valence-corrected chi connectivity index (χ0v) is 8.80. The standard InChI is InChI=1S/C7H6BrClN2O2/c8-7-4(3-10)6(11(12)13)2-1-5(7)9/h1-2H,3,10H2. The van der Waals surface area contributed by atoms with E-state index in [1.54, 1.807) is 0 Å². The van der Waals surface area contributed by atoms with Crippen LogP contribution in [-0.2, 0) is 6.54 Å². The molecule has 0 amide bonds. The summed E-state index contributed by atoms with van der Waals surface area (Å²) in [5.41, 5.74) is 5.76. The van der Waals surface area contributed by atoms with Crippen LogP contribution in [0.1, 0.15) is 5.56 Å². The quantitative estimate of drug-likeness (QED) is 0.659. The molecule has 2 N–H and O–H groups in total. The molecule has 0 radical (unpaired) electrons. The van der Waals surface area contributed by atoms with Crippen molar-refractivity contribution in [1.29, 1.82) is 0 Å². The predicted octanol–water partition coefficient (Wildman–Crippen LogP) is 2.47. The first-order valence-electron chi connectivity index (χ1n) is 3.39. The van der Waals surface area contributed by atoms with Gasteiger partial charge in [0.05, 0.1) is 15.5 Å². The van der Waals surface area contributed by atoms with Gasteiger partial charge < -0.3 is 5.73 Å². The molecule has 1 aromatic rings. The van der Waals surface area contributed by atoms with E-state index in [0.29, 0.717) is 15.1 Å². The van der Waals surface area contributed by atoms with E-state index in [1.165, 1.54) is 12.1 Å². The molecule has 0 heterocycles. The molecule has 70 valence electrons. The van der Waals surface area contributed by atoms with Crippen LogP contribution in [0.2, 0.25) is 5.02 Å². The molecular weight excluding hydrogens is 259 g/mol. The Balaban J connectivity index is 3.38. The maximum atomic E-state index is 10.5. The summed E-state index contributed by atoms with van der Waals surface area (Å²) in [5, 5.41) is 11.0. The molecule has 13 heavy (non-hydrogen) atoms. The Kier molecular flexibility index (Phi) is 3.24. The summed E-state index contributed by atoms with van der Waals surface area (Å²) in [7, 11) is 0. The van der Waals surface area contributed by atoms with Gasteiger partial charge in [-0.25, -0.2) is 0 Å². The van der Waals surface area contributed by atoms with Crippen molar-refractivity contribution < 1.29 is 4.92 Å². The molecule has 4 nitrogen and oxygen atoms in total. The Labute approximate surface area is 88.0 Å². The SMILES string of the molecule is NCc1c([N+](=O)[O-])ccc(Cl)c1Br. The number of nitrogens with zero attached hydrogens (tertiary/aromatic N) is 1. The van der Waals surface area contributed by atoms with Gasteiger partial charge in [0, 0.05) is 17.1 Å². The Bertz CT molecular complexity index is 357. The van der Waals surface area contributed by atoms with Gasteiger partial charge in [-0.3, -0.25) is 10.1 Å². The predicted molar refractivity (Wildman–Crippen MR) is 53.7 cm³/mol. The van der Waals surface area contributed by atoms with Crippen LogP contribution in [0.4, 0.5) is 5.69 Å². The van der Waals surface area contributed by atoms with Crippen molar-refractivity contribution in [2.24, 2.45) is 5.73 Å². The van der Waals surface area contributed by atoms with Crippen molar-refractivity contribution in [3.8, 4) is 0 Å². The molecule has 0 fully saturated rings. The first kappa shape index (κ1) is 10.4. The van der Waals surface area contributed by atoms with Gasteiger partial charge in [0.1, 0.15) is 0 Å². The third-order valence-electron chi connectivity index (χ3n) is 1.57. The van der Waals surface area contributed by atoms with Gasteiger partial charge in [-0.2, -0.15) is 0 Å². The van der Waals surface area contributed by atoms with Gasteiger partial charge in [-0.1, -0.05) is 11.6 Å². The maximum absolute atomic E-state index is 10.5. The van der Waals surface area contributed by atoms with Crippen LogP contribution in [0, 0.1) is 10.1 Å². The topological polar surface area (TPSA) is 69.2 Å². The van der Waals surface area contributed by atoms with Crippen molar-refractivity contribution in [3.63, 3.8) is 0 Å². The minimum Gasteiger partial charge on any atom is -0.326 e. The zero-order valence-electron chi connectivity index (χ0n) is 6.46. The summed E-state index contributed by atoms with van der Waals surface area (Å²) in [6.07, 6.45) is 0. The lowest BCUT2D eigenvalue weighted by molar-refractivity contribution is -0.385. The van der Waals surface area contributed by atoms with Crippen LogP contribution in [0.25, 0.3) is 0 Å². The number of hydrogen-bond acceptors (Lipinski definition) is 3. The van der Waals surface area contributed by atoms with Crippen molar-refractivity contribution in [2.45, 2.75) is 6.54 Å². The minimum absolute atomic E-state index is 0.0150. The number of halogens is 2. The Morgan fingerprint density at radius 1 is 1.62 bits per heavy atom. The van der Waals surface area contributed by atoms with Crippen molar-refractivity contribution in [1.82, 2.24) is 0 Å². The van der Waals surface area contributed by atoms with Crippen molar-refractivity contribution in [2.75, 3.05) is 0 Å². The zero-order chi connectivity index (χ0) is 10.0. The number of nitrogens with two attached hydrogens (primary N) is 1. The van der Waals surface area contributed by atoms with Gasteiger partial charge >= 0.3 is 0 Å². The molecule has 0 aliphatic carbocycles. The average molecular weight is 265 g/mol. The molecule has 0 spiro atoms. The van der Waals surface area contributed by atoms with E-state index >= 15 is 0 Å². The fourth-order valence-corrected chi connectivity index (χ4v) is 1.62. The van der Waals surface area contributed by atoms with E-state index in [9.17, 15) is 10.1 Å². The molecule has 1 rings (SSSR count). The number of nitro benzene ring substituents is 1. The Hall–Kier alpha value is -0.650. The minimum atomic E-state index is -0.483. The molecule has 0 atom stereocenters. The third-order valence-corrected chi connectivity index (χ3v) is 3.02. The summed E-state index contributed by atoms with van der Waals surface area (Å²) in [6.45, 7) is 0.0808. The largest absolute Gasteiger partial charge is 0.326 e. The molecule has 1 aromatic carbocycles. The first-order valence-corrected chi connectivity index (χ1v) is 4.56. The van der Waals surface area contributed by atoms with E-state index in [0.717, 1.165) is 0 Å². The van der Waals surface area contributed by atoms with Gasteiger partial charge in [-0.05, 0) is 22.0 Å². The van der Waals surface area contributed by atoms with E-state index in [-0.39, 0.29) is 12.2 Å². The van der Waals surface area contributed by atoms with E-state index in [2.05, 4.69) is 15.9 Å². The highest BCUT2D eigenvalue weighted by Crippen LogP contribution is 2.32. The second kappa shape index (κ2) is 4.04. The number of rotatable bonds is 2. The molecule has 6 heteroatoms. The fraction of sp³-hybridized carbons (Fsp3) is 0.143. The molecule has 0 aliphatic rings. The molecule has 0 saturated carbocycles. The first-order chi connectivity index (χ1) is 6.07. The van der Waals surface area contributed by atoms with Crippen LogP contribution in [0.5, 0.6) is 0 Å². The summed E-state index contributed by atoms with van der Waals surface area (Å²) < 4.78 is 0.492. The lowest BCUT2D eigenvalue weighted by Crippen LogP contribution is -2.02. The van der Waals surface area contributed by atoms with E-state index in [4.69, 9.17) is 17.3 Å². The Morgan fingerprint density at radius 2 is 2.23 bits per heavy atom. The lowest BCUT2D eigenvalue weighted by Gasteiger charge is -2.03. The monoisotopic (exact) mass is 264 g/mol. The number of nitro groups is 1. The van der Waals surface area contributed by atoms with Crippen LogP contribution >= 0.6 is 27.5 Å². The maximum Gasteiger partial charge on any atom is 0.275 e. The highest BCUT2D eigenvalue weighted by atomic mass is 79.9. The van der Waals surface area contributed by atoms with Gasteiger partial charge in [0.25, 0.3) is 5.69 Å². The van der Waals surface area contributed by atoms with Crippen LogP contribution in [-0.4, -0.2) is 4.92 Å².